The Labute approximate surface area is 155 Å². The SMILES string of the molecule is CN1CCN(Cc2ccc(CNC(=O)C(N)c3ccccc3)cc2)CC1. The van der Waals surface area contributed by atoms with Crippen LogP contribution >= 0.6 is 0 Å². The molecule has 3 N–H and O–H groups in total. The van der Waals surface area contributed by atoms with Gasteiger partial charge in [-0.2, -0.15) is 0 Å². The second-order valence-electron chi connectivity index (χ2n) is 7.00. The number of carbonyl (C=O) groups is 1. The van der Waals surface area contributed by atoms with Crippen molar-refractivity contribution in [3.8, 4) is 0 Å². The third kappa shape index (κ3) is 5.14. The first-order valence-electron chi connectivity index (χ1n) is 9.19. The second-order valence-corrected chi connectivity index (χ2v) is 7.00. The Morgan fingerprint density at radius 1 is 1.00 bits per heavy atom. The quantitative estimate of drug-likeness (QED) is 0.831. The molecule has 0 aliphatic carbocycles. The maximum Gasteiger partial charge on any atom is 0.241 e. The third-order valence-electron chi connectivity index (χ3n) is 4.93. The van der Waals surface area contributed by atoms with Crippen LogP contribution in [0.2, 0.25) is 0 Å². The average molecular weight is 352 g/mol. The number of nitrogens with one attached hydrogen (secondary N) is 1. The van der Waals surface area contributed by atoms with E-state index in [1.165, 1.54) is 5.56 Å². The monoisotopic (exact) mass is 352 g/mol. The highest BCUT2D eigenvalue weighted by Gasteiger charge is 2.15. The average Bonchev–Trinajstić information content (AvgIpc) is 2.69. The summed E-state index contributed by atoms with van der Waals surface area (Å²) < 4.78 is 0. The fourth-order valence-electron chi connectivity index (χ4n) is 3.14. The van der Waals surface area contributed by atoms with Gasteiger partial charge in [0.25, 0.3) is 0 Å². The maximum absolute atomic E-state index is 12.2. The number of piperazine rings is 1. The van der Waals surface area contributed by atoms with Gasteiger partial charge in [0.15, 0.2) is 0 Å². The molecule has 5 heteroatoms. The highest BCUT2D eigenvalue weighted by molar-refractivity contribution is 5.82. The zero-order valence-corrected chi connectivity index (χ0v) is 15.4. The van der Waals surface area contributed by atoms with Crippen molar-refractivity contribution in [1.29, 1.82) is 0 Å². The Morgan fingerprint density at radius 3 is 2.27 bits per heavy atom. The highest BCUT2D eigenvalue weighted by atomic mass is 16.2. The van der Waals surface area contributed by atoms with Crippen LogP contribution in [0.5, 0.6) is 0 Å². The summed E-state index contributed by atoms with van der Waals surface area (Å²) in [5, 5.41) is 2.92. The molecular weight excluding hydrogens is 324 g/mol. The Morgan fingerprint density at radius 2 is 1.62 bits per heavy atom. The summed E-state index contributed by atoms with van der Waals surface area (Å²) in [5.74, 6) is -0.155. The molecule has 5 nitrogen and oxygen atoms in total. The number of hydrogen-bond donors (Lipinski definition) is 2. The predicted molar refractivity (Wildman–Crippen MR) is 104 cm³/mol. The van der Waals surface area contributed by atoms with Crippen molar-refractivity contribution < 1.29 is 4.79 Å². The molecule has 1 aliphatic rings. The van der Waals surface area contributed by atoms with E-state index < -0.39 is 6.04 Å². The van der Waals surface area contributed by atoms with Crippen molar-refractivity contribution in [3.63, 3.8) is 0 Å². The van der Waals surface area contributed by atoms with Crippen LogP contribution in [0.3, 0.4) is 0 Å². The topological polar surface area (TPSA) is 61.6 Å². The van der Waals surface area contributed by atoms with E-state index in [0.717, 1.165) is 43.9 Å². The molecule has 0 spiro atoms. The Balaban J connectivity index is 1.47. The van der Waals surface area contributed by atoms with Crippen LogP contribution in [-0.4, -0.2) is 48.9 Å². The van der Waals surface area contributed by atoms with Crippen molar-refractivity contribution >= 4 is 5.91 Å². The van der Waals surface area contributed by atoms with E-state index in [2.05, 4.69) is 46.4 Å². The van der Waals surface area contributed by atoms with E-state index in [-0.39, 0.29) is 5.91 Å². The lowest BCUT2D eigenvalue weighted by Crippen LogP contribution is -2.43. The number of likely N-dealkylation sites (N-methyl/N-ethyl adjacent to an activating group) is 1. The number of nitrogens with zero attached hydrogens (tertiary/aromatic N) is 2. The number of carbonyl (C=O) groups excluding carboxylic acids is 1. The largest absolute Gasteiger partial charge is 0.350 e. The van der Waals surface area contributed by atoms with Gasteiger partial charge < -0.3 is 16.0 Å². The molecule has 3 rings (SSSR count). The summed E-state index contributed by atoms with van der Waals surface area (Å²) in [6.07, 6.45) is 0. The lowest BCUT2D eigenvalue weighted by molar-refractivity contribution is -0.122. The molecular formula is C21H28N4O. The van der Waals surface area contributed by atoms with Crippen LogP contribution in [0, 0.1) is 0 Å². The summed E-state index contributed by atoms with van der Waals surface area (Å²) in [7, 11) is 2.17. The van der Waals surface area contributed by atoms with Crippen molar-refractivity contribution in [3.05, 3.63) is 71.3 Å². The van der Waals surface area contributed by atoms with Crippen LogP contribution < -0.4 is 11.1 Å². The molecule has 1 aliphatic heterocycles. The molecule has 1 heterocycles. The van der Waals surface area contributed by atoms with Gasteiger partial charge in [0.2, 0.25) is 5.91 Å². The number of rotatable bonds is 6. The Bertz CT molecular complexity index is 694. The van der Waals surface area contributed by atoms with Gasteiger partial charge in [-0.25, -0.2) is 0 Å². The zero-order chi connectivity index (χ0) is 18.4. The maximum atomic E-state index is 12.2. The van der Waals surface area contributed by atoms with Gasteiger partial charge in [-0.15, -0.1) is 0 Å². The first-order valence-corrected chi connectivity index (χ1v) is 9.19. The number of hydrogen-bond acceptors (Lipinski definition) is 4. The molecule has 1 fully saturated rings. The molecule has 0 aromatic heterocycles. The fraction of sp³-hybridized carbons (Fsp3) is 0.381. The van der Waals surface area contributed by atoms with Gasteiger partial charge in [0, 0.05) is 39.3 Å². The van der Waals surface area contributed by atoms with E-state index in [4.69, 9.17) is 5.73 Å². The molecule has 1 unspecified atom stereocenters. The van der Waals surface area contributed by atoms with Crippen LogP contribution in [0.25, 0.3) is 0 Å². The number of nitrogens with two attached hydrogens (primary N) is 1. The van der Waals surface area contributed by atoms with E-state index in [1.807, 2.05) is 30.3 Å². The lowest BCUT2D eigenvalue weighted by atomic mass is 10.1. The minimum absolute atomic E-state index is 0.155. The first-order chi connectivity index (χ1) is 12.6. The summed E-state index contributed by atoms with van der Waals surface area (Å²) in [4.78, 5) is 17.1. The molecule has 0 saturated carbocycles. The molecule has 2 aromatic carbocycles. The minimum atomic E-state index is -0.632. The molecule has 0 radical (unpaired) electrons. The van der Waals surface area contributed by atoms with Crippen LogP contribution in [0.15, 0.2) is 54.6 Å². The second kappa shape index (κ2) is 8.94. The lowest BCUT2D eigenvalue weighted by Gasteiger charge is -2.32. The molecule has 1 atom stereocenters. The Kier molecular flexibility index (Phi) is 6.39. The summed E-state index contributed by atoms with van der Waals surface area (Å²) in [5.41, 5.74) is 9.24. The minimum Gasteiger partial charge on any atom is -0.350 e. The van der Waals surface area contributed by atoms with Crippen molar-refractivity contribution in [2.45, 2.75) is 19.1 Å². The smallest absolute Gasteiger partial charge is 0.241 e. The standard InChI is InChI=1S/C21H28N4O/c1-24-11-13-25(14-12-24)16-18-9-7-17(8-10-18)15-23-21(26)20(22)19-5-3-2-4-6-19/h2-10,20H,11-16,22H2,1H3,(H,23,26). The van der Waals surface area contributed by atoms with Gasteiger partial charge in [-0.1, -0.05) is 54.6 Å². The van der Waals surface area contributed by atoms with Gasteiger partial charge >= 0.3 is 0 Å². The van der Waals surface area contributed by atoms with E-state index in [1.54, 1.807) is 0 Å². The van der Waals surface area contributed by atoms with Gasteiger partial charge in [0.05, 0.1) is 0 Å². The molecule has 138 valence electrons. The molecule has 2 aromatic rings. The van der Waals surface area contributed by atoms with Gasteiger partial charge in [-0.3, -0.25) is 9.69 Å². The number of amides is 1. The van der Waals surface area contributed by atoms with Crippen molar-refractivity contribution in [2.75, 3.05) is 33.2 Å². The summed E-state index contributed by atoms with van der Waals surface area (Å²) in [6.45, 7) is 5.97. The molecule has 0 bridgehead atoms. The zero-order valence-electron chi connectivity index (χ0n) is 15.4. The van der Waals surface area contributed by atoms with Gasteiger partial charge in [0.1, 0.15) is 6.04 Å². The van der Waals surface area contributed by atoms with Crippen LogP contribution in [-0.2, 0) is 17.9 Å². The predicted octanol–water partition coefficient (Wildman–Crippen LogP) is 1.75. The molecule has 1 amide bonds. The van der Waals surface area contributed by atoms with Crippen LogP contribution in [0.4, 0.5) is 0 Å². The Hall–Kier alpha value is -2.21. The fourth-order valence-corrected chi connectivity index (χ4v) is 3.14. The number of benzene rings is 2. The third-order valence-corrected chi connectivity index (χ3v) is 4.93. The summed E-state index contributed by atoms with van der Waals surface area (Å²) in [6, 6.07) is 17.3. The first kappa shape index (κ1) is 18.6. The summed E-state index contributed by atoms with van der Waals surface area (Å²) >= 11 is 0. The van der Waals surface area contributed by atoms with Crippen molar-refractivity contribution in [1.82, 2.24) is 15.1 Å². The van der Waals surface area contributed by atoms with E-state index in [0.29, 0.717) is 6.54 Å². The van der Waals surface area contributed by atoms with Crippen LogP contribution in [0.1, 0.15) is 22.7 Å². The van der Waals surface area contributed by atoms with Gasteiger partial charge in [-0.05, 0) is 23.7 Å². The molecule has 26 heavy (non-hydrogen) atoms. The normalized spacial score (nSPS) is 17.0. The van der Waals surface area contributed by atoms with Crippen molar-refractivity contribution in [2.24, 2.45) is 5.73 Å². The van der Waals surface area contributed by atoms with E-state index in [9.17, 15) is 4.79 Å². The molecule has 1 saturated heterocycles. The highest BCUT2D eigenvalue weighted by Crippen LogP contribution is 2.12. The van der Waals surface area contributed by atoms with E-state index >= 15 is 0 Å².